The molecule has 0 unspecified atom stereocenters. The molecular formula is C24H30FN3O. The summed E-state index contributed by atoms with van der Waals surface area (Å²) in [7, 11) is 0. The third-order valence-electron chi connectivity index (χ3n) is 6.25. The highest BCUT2D eigenvalue weighted by molar-refractivity contribution is 5.78. The number of benzene rings is 2. The van der Waals surface area contributed by atoms with Crippen molar-refractivity contribution < 1.29 is 9.18 Å². The Kier molecular flexibility index (Phi) is 6.45. The van der Waals surface area contributed by atoms with E-state index in [1.165, 1.54) is 17.7 Å². The van der Waals surface area contributed by atoms with Crippen LogP contribution in [0.4, 0.5) is 10.1 Å². The molecule has 0 bridgehead atoms. The van der Waals surface area contributed by atoms with E-state index >= 15 is 0 Å². The largest absolute Gasteiger partial charge is 0.371 e. The summed E-state index contributed by atoms with van der Waals surface area (Å²) in [6.45, 7) is 5.55. The fourth-order valence-corrected chi connectivity index (χ4v) is 4.47. The topological polar surface area (TPSA) is 35.6 Å². The molecule has 4 nitrogen and oxygen atoms in total. The number of rotatable bonds is 6. The molecule has 2 fully saturated rings. The number of hydrogen-bond donors (Lipinski definition) is 1. The van der Waals surface area contributed by atoms with Gasteiger partial charge in [0.05, 0.1) is 0 Å². The molecule has 154 valence electrons. The van der Waals surface area contributed by atoms with Crippen molar-refractivity contribution in [3.8, 4) is 0 Å². The molecule has 2 aromatic rings. The van der Waals surface area contributed by atoms with Gasteiger partial charge in [0.15, 0.2) is 0 Å². The molecule has 1 atom stereocenters. The predicted octanol–water partition coefficient (Wildman–Crippen LogP) is 3.68. The van der Waals surface area contributed by atoms with Gasteiger partial charge in [-0.05, 0) is 68.1 Å². The smallest absolute Gasteiger partial charge is 0.223 e. The first kappa shape index (κ1) is 19.9. The molecule has 0 spiro atoms. The molecule has 2 saturated heterocycles. The minimum atomic E-state index is -0.202. The quantitative estimate of drug-likeness (QED) is 0.811. The number of carbonyl (C=O) groups excluding carboxylic acids is 1. The van der Waals surface area contributed by atoms with Crippen molar-refractivity contribution in [2.24, 2.45) is 11.8 Å². The number of nitrogens with zero attached hydrogens (tertiary/aromatic N) is 2. The number of likely N-dealkylation sites (tertiary alicyclic amines) is 1. The summed E-state index contributed by atoms with van der Waals surface area (Å²) in [5.74, 6) is 0.606. The second kappa shape index (κ2) is 9.40. The molecule has 2 aliphatic rings. The van der Waals surface area contributed by atoms with E-state index in [9.17, 15) is 9.18 Å². The van der Waals surface area contributed by atoms with Gasteiger partial charge in [0, 0.05) is 37.8 Å². The highest BCUT2D eigenvalue weighted by atomic mass is 19.1. The highest BCUT2D eigenvalue weighted by Gasteiger charge is 2.27. The van der Waals surface area contributed by atoms with E-state index in [1.807, 2.05) is 18.2 Å². The van der Waals surface area contributed by atoms with E-state index < -0.39 is 0 Å². The van der Waals surface area contributed by atoms with E-state index in [-0.39, 0.29) is 17.6 Å². The van der Waals surface area contributed by atoms with E-state index in [1.54, 1.807) is 0 Å². The molecule has 0 saturated carbocycles. The number of halogens is 1. The lowest BCUT2D eigenvalue weighted by atomic mass is 9.95. The Labute approximate surface area is 172 Å². The Balaban J connectivity index is 1.17. The van der Waals surface area contributed by atoms with Gasteiger partial charge in [-0.1, -0.05) is 30.3 Å². The van der Waals surface area contributed by atoms with Crippen molar-refractivity contribution in [2.75, 3.05) is 37.6 Å². The molecular weight excluding hydrogens is 365 g/mol. The lowest BCUT2D eigenvalue weighted by Crippen LogP contribution is -2.41. The lowest BCUT2D eigenvalue weighted by molar-refractivity contribution is -0.126. The predicted molar refractivity (Wildman–Crippen MR) is 114 cm³/mol. The van der Waals surface area contributed by atoms with Gasteiger partial charge in [-0.3, -0.25) is 9.69 Å². The molecule has 2 heterocycles. The van der Waals surface area contributed by atoms with Gasteiger partial charge in [0.25, 0.3) is 0 Å². The monoisotopic (exact) mass is 395 g/mol. The fourth-order valence-electron chi connectivity index (χ4n) is 4.47. The van der Waals surface area contributed by atoms with Crippen molar-refractivity contribution >= 4 is 11.6 Å². The van der Waals surface area contributed by atoms with Crippen molar-refractivity contribution in [2.45, 2.75) is 25.8 Å². The van der Waals surface area contributed by atoms with Crippen LogP contribution in [0.1, 0.15) is 24.8 Å². The van der Waals surface area contributed by atoms with Gasteiger partial charge in [0.2, 0.25) is 5.91 Å². The van der Waals surface area contributed by atoms with Crippen molar-refractivity contribution in [3.05, 3.63) is 66.0 Å². The van der Waals surface area contributed by atoms with Gasteiger partial charge in [0.1, 0.15) is 5.82 Å². The number of nitrogens with one attached hydrogen (secondary N) is 1. The Bertz CT molecular complexity index is 788. The molecule has 5 heteroatoms. The molecule has 2 aliphatic heterocycles. The van der Waals surface area contributed by atoms with Crippen LogP contribution in [0.2, 0.25) is 0 Å². The van der Waals surface area contributed by atoms with E-state index in [2.05, 4.69) is 39.4 Å². The molecule has 1 N–H and O–H groups in total. The normalized spacial score (nSPS) is 20.7. The summed E-state index contributed by atoms with van der Waals surface area (Å²) < 4.78 is 13.1. The zero-order valence-corrected chi connectivity index (χ0v) is 16.9. The zero-order valence-electron chi connectivity index (χ0n) is 16.9. The summed E-state index contributed by atoms with van der Waals surface area (Å²) in [4.78, 5) is 17.3. The molecule has 1 amide bonds. The third-order valence-corrected chi connectivity index (χ3v) is 6.25. The van der Waals surface area contributed by atoms with Gasteiger partial charge < -0.3 is 10.2 Å². The molecule has 0 aromatic heterocycles. The van der Waals surface area contributed by atoms with E-state index in [4.69, 9.17) is 0 Å². The van der Waals surface area contributed by atoms with Crippen LogP contribution in [0.15, 0.2) is 54.6 Å². The second-order valence-corrected chi connectivity index (χ2v) is 8.36. The maximum absolute atomic E-state index is 13.1. The van der Waals surface area contributed by atoms with Crippen LogP contribution in [0.3, 0.4) is 0 Å². The fraction of sp³-hybridized carbons (Fsp3) is 0.458. The average Bonchev–Trinajstić information content (AvgIpc) is 3.23. The molecule has 2 aromatic carbocycles. The Morgan fingerprint density at radius 2 is 1.69 bits per heavy atom. The zero-order chi connectivity index (χ0) is 20.1. The minimum absolute atomic E-state index is 0.136. The first-order valence-corrected chi connectivity index (χ1v) is 10.7. The summed E-state index contributed by atoms with van der Waals surface area (Å²) in [5.41, 5.74) is 2.40. The lowest BCUT2D eigenvalue weighted by Gasteiger charge is -2.31. The van der Waals surface area contributed by atoms with Crippen LogP contribution in [0, 0.1) is 17.7 Å². The summed E-state index contributed by atoms with van der Waals surface area (Å²) in [6.07, 6.45) is 2.93. The third kappa shape index (κ3) is 5.36. The van der Waals surface area contributed by atoms with E-state index in [0.29, 0.717) is 5.92 Å². The number of anilines is 1. The Morgan fingerprint density at radius 1 is 0.966 bits per heavy atom. The van der Waals surface area contributed by atoms with E-state index in [0.717, 1.165) is 64.2 Å². The Hall–Kier alpha value is -2.40. The van der Waals surface area contributed by atoms with Crippen LogP contribution in [0.25, 0.3) is 0 Å². The van der Waals surface area contributed by atoms with Crippen LogP contribution >= 0.6 is 0 Å². The molecule has 0 radical (unpaired) electrons. The average molecular weight is 396 g/mol. The van der Waals surface area contributed by atoms with Crippen LogP contribution in [-0.4, -0.2) is 43.5 Å². The maximum atomic E-state index is 13.1. The van der Waals surface area contributed by atoms with Crippen molar-refractivity contribution in [1.29, 1.82) is 0 Å². The van der Waals surface area contributed by atoms with Crippen LogP contribution < -0.4 is 10.2 Å². The number of amides is 1. The van der Waals surface area contributed by atoms with Crippen LogP contribution in [-0.2, 0) is 11.3 Å². The molecule has 4 rings (SSSR count). The minimum Gasteiger partial charge on any atom is -0.371 e. The second-order valence-electron chi connectivity index (χ2n) is 8.36. The maximum Gasteiger partial charge on any atom is 0.223 e. The van der Waals surface area contributed by atoms with Crippen molar-refractivity contribution in [3.63, 3.8) is 0 Å². The van der Waals surface area contributed by atoms with Gasteiger partial charge in [-0.2, -0.15) is 0 Å². The summed E-state index contributed by atoms with van der Waals surface area (Å²) in [6, 6.07) is 17.2. The van der Waals surface area contributed by atoms with Crippen LogP contribution in [0.5, 0.6) is 0 Å². The van der Waals surface area contributed by atoms with Gasteiger partial charge >= 0.3 is 0 Å². The first-order valence-electron chi connectivity index (χ1n) is 10.7. The molecule has 29 heavy (non-hydrogen) atoms. The number of piperidine rings is 1. The first-order chi connectivity index (χ1) is 14.2. The Morgan fingerprint density at radius 3 is 2.41 bits per heavy atom. The number of hydrogen-bond acceptors (Lipinski definition) is 3. The summed E-state index contributed by atoms with van der Waals surface area (Å²) >= 11 is 0. The van der Waals surface area contributed by atoms with Crippen molar-refractivity contribution in [1.82, 2.24) is 10.2 Å². The molecule has 0 aliphatic carbocycles. The standard InChI is InChI=1S/C24H30FN3O/c25-22-6-8-23(9-7-22)28-15-10-20(18-28)16-26-24(29)21-11-13-27(14-12-21)17-19-4-2-1-3-5-19/h1-9,20-21H,10-18H2,(H,26,29)/t20-/m0/s1. The van der Waals surface area contributed by atoms with Gasteiger partial charge in [-0.25, -0.2) is 4.39 Å². The number of carbonyl (C=O) groups is 1. The SMILES string of the molecule is O=C(NC[C@@H]1CCN(c2ccc(F)cc2)C1)C1CCN(Cc2ccccc2)CC1. The van der Waals surface area contributed by atoms with Gasteiger partial charge in [-0.15, -0.1) is 0 Å². The highest BCUT2D eigenvalue weighted by Crippen LogP contribution is 2.24. The summed E-state index contributed by atoms with van der Waals surface area (Å²) in [5, 5.41) is 3.20.